The third kappa shape index (κ3) is 3.44. The highest BCUT2D eigenvalue weighted by Crippen LogP contribution is 2.23. The molecule has 4 aromatic rings. The number of rotatable bonds is 5. The summed E-state index contributed by atoms with van der Waals surface area (Å²) in [6.07, 6.45) is 4.83. The third-order valence-corrected chi connectivity index (χ3v) is 4.28. The summed E-state index contributed by atoms with van der Waals surface area (Å²) in [5.74, 6) is -2.12. The predicted molar refractivity (Wildman–Crippen MR) is 95.1 cm³/mol. The number of fused-ring (bicyclic) bond motifs is 1. The molecular weight excluding hydrogens is 352 g/mol. The maximum absolute atomic E-state index is 13.5. The summed E-state index contributed by atoms with van der Waals surface area (Å²) >= 11 is 0. The number of carbonyl (C=O) groups is 1. The van der Waals surface area contributed by atoms with Crippen LogP contribution in [0.15, 0.2) is 65.5 Å². The molecule has 0 saturated carbocycles. The quantitative estimate of drug-likeness (QED) is 0.582. The molecule has 1 N–H and O–H groups in total. The molecule has 27 heavy (non-hydrogen) atoms. The van der Waals surface area contributed by atoms with E-state index in [9.17, 15) is 13.6 Å². The molecular formula is C20H15F2N3O2. The summed E-state index contributed by atoms with van der Waals surface area (Å²) in [5, 5.41) is 2.85. The first-order valence-corrected chi connectivity index (χ1v) is 8.29. The van der Waals surface area contributed by atoms with Crippen LogP contribution in [0.25, 0.3) is 11.1 Å². The molecule has 0 aliphatic rings. The van der Waals surface area contributed by atoms with Gasteiger partial charge in [0.15, 0.2) is 17.2 Å². The van der Waals surface area contributed by atoms with Gasteiger partial charge in [0, 0.05) is 37.6 Å². The van der Waals surface area contributed by atoms with Crippen LogP contribution >= 0.6 is 0 Å². The Morgan fingerprint density at radius 2 is 1.85 bits per heavy atom. The number of pyridine rings is 1. The van der Waals surface area contributed by atoms with Gasteiger partial charge in [-0.25, -0.2) is 8.78 Å². The van der Waals surface area contributed by atoms with Gasteiger partial charge >= 0.3 is 0 Å². The van der Waals surface area contributed by atoms with Crippen molar-refractivity contribution in [2.24, 2.45) is 0 Å². The highest BCUT2D eigenvalue weighted by atomic mass is 19.2. The van der Waals surface area contributed by atoms with E-state index < -0.39 is 11.6 Å². The molecule has 1 amide bonds. The van der Waals surface area contributed by atoms with Crippen molar-refractivity contribution in [2.75, 3.05) is 0 Å². The molecule has 0 unspecified atom stereocenters. The zero-order valence-corrected chi connectivity index (χ0v) is 14.2. The summed E-state index contributed by atoms with van der Waals surface area (Å²) in [5.41, 5.74) is 3.08. The van der Waals surface area contributed by atoms with Crippen LogP contribution in [0.3, 0.4) is 0 Å². The zero-order valence-electron chi connectivity index (χ0n) is 14.2. The van der Waals surface area contributed by atoms with Gasteiger partial charge in [0.05, 0.1) is 11.8 Å². The van der Waals surface area contributed by atoms with Gasteiger partial charge in [-0.15, -0.1) is 0 Å². The molecule has 0 aliphatic carbocycles. The number of nitrogens with one attached hydrogen (secondary N) is 1. The SMILES string of the molecule is O=C(NCc1ccncc1)c1cc2occc2n1Cc1ccc(F)c(F)c1. The van der Waals surface area contributed by atoms with E-state index in [1.54, 1.807) is 29.1 Å². The molecule has 3 heterocycles. The Labute approximate surface area is 153 Å². The van der Waals surface area contributed by atoms with Crippen LogP contribution in [-0.2, 0) is 13.1 Å². The number of benzene rings is 1. The number of carbonyl (C=O) groups excluding carboxylic acids is 1. The van der Waals surface area contributed by atoms with Crippen LogP contribution < -0.4 is 5.32 Å². The number of hydrogen-bond donors (Lipinski definition) is 1. The average Bonchev–Trinajstić information content (AvgIpc) is 3.26. The van der Waals surface area contributed by atoms with Crippen LogP contribution in [-0.4, -0.2) is 15.5 Å². The second-order valence-electron chi connectivity index (χ2n) is 6.07. The smallest absolute Gasteiger partial charge is 0.268 e. The normalized spacial score (nSPS) is 11.0. The Kier molecular flexibility index (Phi) is 4.42. The fourth-order valence-electron chi connectivity index (χ4n) is 2.93. The van der Waals surface area contributed by atoms with Crippen LogP contribution in [0, 0.1) is 11.6 Å². The minimum atomic E-state index is -0.924. The number of halogens is 2. The van der Waals surface area contributed by atoms with Gasteiger partial charge in [-0.3, -0.25) is 9.78 Å². The van der Waals surface area contributed by atoms with Gasteiger partial charge in [-0.1, -0.05) is 6.07 Å². The summed E-state index contributed by atoms with van der Waals surface area (Å²) in [4.78, 5) is 16.6. The Bertz CT molecular complexity index is 1100. The fraction of sp³-hybridized carbons (Fsp3) is 0.100. The topological polar surface area (TPSA) is 60.1 Å². The third-order valence-electron chi connectivity index (χ3n) is 4.28. The van der Waals surface area contributed by atoms with E-state index in [0.717, 1.165) is 17.7 Å². The summed E-state index contributed by atoms with van der Waals surface area (Å²) in [7, 11) is 0. The van der Waals surface area contributed by atoms with Gasteiger partial charge in [0.2, 0.25) is 0 Å². The van der Waals surface area contributed by atoms with Crippen LogP contribution in [0.5, 0.6) is 0 Å². The molecule has 0 radical (unpaired) electrons. The van der Waals surface area contributed by atoms with E-state index >= 15 is 0 Å². The van der Waals surface area contributed by atoms with Crippen molar-refractivity contribution in [1.29, 1.82) is 0 Å². The lowest BCUT2D eigenvalue weighted by Gasteiger charge is -2.11. The van der Waals surface area contributed by atoms with Crippen LogP contribution in [0.1, 0.15) is 21.6 Å². The zero-order chi connectivity index (χ0) is 18.8. The Hall–Kier alpha value is -3.48. The molecule has 0 spiro atoms. The number of nitrogens with zero attached hydrogens (tertiary/aromatic N) is 2. The summed E-state index contributed by atoms with van der Waals surface area (Å²) in [6, 6.07) is 10.7. The summed E-state index contributed by atoms with van der Waals surface area (Å²) in [6.45, 7) is 0.553. The Morgan fingerprint density at radius 3 is 2.63 bits per heavy atom. The predicted octanol–water partition coefficient (Wildman–Crippen LogP) is 3.89. The molecule has 5 nitrogen and oxygen atoms in total. The lowest BCUT2D eigenvalue weighted by molar-refractivity contribution is 0.0942. The molecule has 0 bridgehead atoms. The lowest BCUT2D eigenvalue weighted by Crippen LogP contribution is -2.25. The fourth-order valence-corrected chi connectivity index (χ4v) is 2.93. The Morgan fingerprint density at radius 1 is 1.04 bits per heavy atom. The van der Waals surface area contributed by atoms with E-state index in [1.165, 1.54) is 12.3 Å². The van der Waals surface area contributed by atoms with Gasteiger partial charge in [-0.2, -0.15) is 0 Å². The van der Waals surface area contributed by atoms with E-state index in [2.05, 4.69) is 10.3 Å². The van der Waals surface area contributed by atoms with E-state index in [1.807, 2.05) is 12.1 Å². The lowest BCUT2D eigenvalue weighted by atomic mass is 10.2. The standard InChI is InChI=1S/C20H15F2N3O2/c21-15-2-1-14(9-16(15)22)12-25-17-5-8-27-19(17)10-18(25)20(26)24-11-13-3-6-23-7-4-13/h1-10H,11-12H2,(H,24,26). The van der Waals surface area contributed by atoms with Crippen LogP contribution in [0.2, 0.25) is 0 Å². The van der Waals surface area contributed by atoms with Crippen molar-refractivity contribution in [1.82, 2.24) is 14.9 Å². The molecule has 3 aromatic heterocycles. The minimum absolute atomic E-state index is 0.207. The van der Waals surface area contributed by atoms with Gasteiger partial charge in [0.25, 0.3) is 5.91 Å². The summed E-state index contributed by atoms with van der Waals surface area (Å²) < 4.78 is 33.8. The van der Waals surface area contributed by atoms with Crippen molar-refractivity contribution in [3.8, 4) is 0 Å². The molecule has 136 valence electrons. The average molecular weight is 367 g/mol. The molecule has 0 atom stereocenters. The van der Waals surface area contributed by atoms with Crippen molar-refractivity contribution in [3.63, 3.8) is 0 Å². The Balaban J connectivity index is 1.62. The maximum atomic E-state index is 13.5. The van der Waals surface area contributed by atoms with E-state index in [-0.39, 0.29) is 12.5 Å². The van der Waals surface area contributed by atoms with Crippen molar-refractivity contribution >= 4 is 17.0 Å². The van der Waals surface area contributed by atoms with Gasteiger partial charge in [0.1, 0.15) is 5.69 Å². The molecule has 7 heteroatoms. The number of amides is 1. The molecule has 1 aromatic carbocycles. The minimum Gasteiger partial charge on any atom is -0.463 e. The monoisotopic (exact) mass is 367 g/mol. The largest absolute Gasteiger partial charge is 0.463 e. The number of furan rings is 1. The molecule has 0 fully saturated rings. The van der Waals surface area contributed by atoms with Crippen molar-refractivity contribution in [2.45, 2.75) is 13.1 Å². The molecule has 4 rings (SSSR count). The van der Waals surface area contributed by atoms with E-state index in [0.29, 0.717) is 28.9 Å². The number of aromatic nitrogens is 2. The second-order valence-corrected chi connectivity index (χ2v) is 6.07. The van der Waals surface area contributed by atoms with Gasteiger partial charge < -0.3 is 14.3 Å². The van der Waals surface area contributed by atoms with Crippen molar-refractivity contribution in [3.05, 3.63) is 89.6 Å². The number of hydrogen-bond acceptors (Lipinski definition) is 3. The highest BCUT2D eigenvalue weighted by Gasteiger charge is 2.18. The second kappa shape index (κ2) is 7.03. The first-order chi connectivity index (χ1) is 13.1. The maximum Gasteiger partial charge on any atom is 0.268 e. The first kappa shape index (κ1) is 17.0. The van der Waals surface area contributed by atoms with E-state index in [4.69, 9.17) is 4.42 Å². The molecule has 0 aliphatic heterocycles. The van der Waals surface area contributed by atoms with Gasteiger partial charge in [-0.05, 0) is 35.4 Å². The van der Waals surface area contributed by atoms with Crippen LogP contribution in [0.4, 0.5) is 8.78 Å². The highest BCUT2D eigenvalue weighted by molar-refractivity contribution is 5.97. The molecule has 0 saturated heterocycles. The first-order valence-electron chi connectivity index (χ1n) is 8.29. The van der Waals surface area contributed by atoms with Crippen molar-refractivity contribution < 1.29 is 18.0 Å².